The molecule has 0 unspecified atom stereocenters. The van der Waals surface area contributed by atoms with E-state index in [-0.39, 0.29) is 19.4 Å². The van der Waals surface area contributed by atoms with Gasteiger partial charge >= 0.3 is 6.92 Å². The Kier molecular flexibility index (Phi) is 5.96. The molecule has 2 aromatic carbocycles. The molecule has 2 heterocycles. The molecule has 30 heavy (non-hydrogen) atoms. The monoisotopic (exact) mass is 404 g/mol. The molecule has 0 aliphatic carbocycles. The Labute approximate surface area is 177 Å². The van der Waals surface area contributed by atoms with Crippen LogP contribution < -0.4 is 14.9 Å². The van der Waals surface area contributed by atoms with E-state index in [0.29, 0.717) is 35.5 Å². The van der Waals surface area contributed by atoms with Crippen LogP contribution >= 0.6 is 0 Å². The number of benzene rings is 2. The summed E-state index contributed by atoms with van der Waals surface area (Å²) in [6.45, 7) is 13.8. The van der Waals surface area contributed by atoms with Crippen LogP contribution in [0, 0.1) is 12.5 Å². The van der Waals surface area contributed by atoms with Gasteiger partial charge in [0.25, 0.3) is 5.91 Å². The summed E-state index contributed by atoms with van der Waals surface area (Å²) >= 11 is 0. The molecule has 0 atom stereocenters. The largest absolute Gasteiger partial charge is 0.495 e. The molecule has 0 N–H and O–H groups in total. The second kappa shape index (κ2) is 8.80. The molecule has 1 saturated heterocycles. The van der Waals surface area contributed by atoms with Crippen molar-refractivity contribution in [2.24, 2.45) is 5.92 Å². The number of nitrogens with zero attached hydrogens (tertiary/aromatic N) is 2. The molecule has 1 amide bonds. The Hall–Kier alpha value is -2.98. The van der Waals surface area contributed by atoms with E-state index in [1.165, 1.54) is 5.46 Å². The van der Waals surface area contributed by atoms with Crippen LogP contribution in [-0.2, 0) is 16.1 Å². The average Bonchev–Trinajstić information content (AvgIpc) is 3.13. The molecule has 0 radical (unpaired) electrons. The summed E-state index contributed by atoms with van der Waals surface area (Å²) < 4.78 is 17.4. The maximum absolute atomic E-state index is 12.5. The van der Waals surface area contributed by atoms with Gasteiger partial charge in [0, 0.05) is 19.2 Å². The minimum absolute atomic E-state index is 0.0445. The third-order valence-corrected chi connectivity index (χ3v) is 5.82. The third kappa shape index (κ3) is 4.44. The fourth-order valence-electron chi connectivity index (χ4n) is 3.86. The summed E-state index contributed by atoms with van der Waals surface area (Å²) in [5, 5.41) is 0. The van der Waals surface area contributed by atoms with Crippen LogP contribution in [0.1, 0.15) is 25.3 Å². The molecule has 0 spiro atoms. The van der Waals surface area contributed by atoms with Crippen LogP contribution in [0.15, 0.2) is 36.4 Å². The van der Waals surface area contributed by atoms with E-state index in [2.05, 4.69) is 11.8 Å². The highest BCUT2D eigenvalue weighted by molar-refractivity contribution is 6.67. The molecule has 2 aliphatic heterocycles. The number of carbonyl (C=O) groups excluding carboxylic acids is 1. The van der Waals surface area contributed by atoms with Gasteiger partial charge in [-0.1, -0.05) is 19.8 Å². The van der Waals surface area contributed by atoms with Gasteiger partial charge in [0.15, 0.2) is 6.61 Å². The maximum atomic E-state index is 12.5. The van der Waals surface area contributed by atoms with Crippen LogP contribution in [0.4, 0.5) is 5.69 Å². The minimum atomic E-state index is -0.0750. The lowest BCUT2D eigenvalue weighted by atomic mass is 9.64. The lowest BCUT2D eigenvalue weighted by Crippen LogP contribution is -2.40. The summed E-state index contributed by atoms with van der Waals surface area (Å²) in [6, 6.07) is 11.0. The van der Waals surface area contributed by atoms with Gasteiger partial charge in [-0.2, -0.15) is 0 Å². The van der Waals surface area contributed by atoms with Gasteiger partial charge in [-0.3, -0.25) is 4.79 Å². The molecular formula is C23H25BN2O4. The number of amides is 1. The van der Waals surface area contributed by atoms with Crippen molar-refractivity contribution in [2.75, 3.05) is 19.7 Å². The Bertz CT molecular complexity index is 980. The zero-order valence-electron chi connectivity index (χ0n) is 17.4. The van der Waals surface area contributed by atoms with E-state index < -0.39 is 0 Å². The first-order valence-electron chi connectivity index (χ1n) is 10.4. The summed E-state index contributed by atoms with van der Waals surface area (Å²) in [7, 11) is 0. The van der Waals surface area contributed by atoms with E-state index in [9.17, 15) is 4.79 Å². The highest BCUT2D eigenvalue weighted by Gasteiger charge is 2.24. The first-order chi connectivity index (χ1) is 14.5. The summed E-state index contributed by atoms with van der Waals surface area (Å²) in [4.78, 5) is 17.8. The van der Waals surface area contributed by atoms with Gasteiger partial charge in [-0.15, -0.1) is 0 Å². The number of hydrogen-bond donors (Lipinski definition) is 0. The number of ether oxygens (including phenoxy) is 2. The normalized spacial score (nSPS) is 16.2. The zero-order chi connectivity index (χ0) is 21.1. The van der Waals surface area contributed by atoms with Crippen molar-refractivity contribution < 1.29 is 18.9 Å². The number of hydrogen-bond acceptors (Lipinski definition) is 4. The van der Waals surface area contributed by atoms with Crippen molar-refractivity contribution in [3.05, 3.63) is 53.4 Å². The van der Waals surface area contributed by atoms with Crippen LogP contribution in [0.25, 0.3) is 4.85 Å². The van der Waals surface area contributed by atoms with Gasteiger partial charge in [0.05, 0.1) is 13.2 Å². The average molecular weight is 404 g/mol. The molecular weight excluding hydrogens is 379 g/mol. The van der Waals surface area contributed by atoms with Crippen LogP contribution in [0.2, 0.25) is 6.82 Å². The van der Waals surface area contributed by atoms with Crippen LogP contribution in [-0.4, -0.2) is 37.4 Å². The Morgan fingerprint density at radius 1 is 1.23 bits per heavy atom. The smallest absolute Gasteiger partial charge is 0.324 e. The number of fused-ring (bicyclic) bond motifs is 1. The highest BCUT2D eigenvalue weighted by Crippen LogP contribution is 2.34. The van der Waals surface area contributed by atoms with Crippen LogP contribution in [0.5, 0.6) is 17.2 Å². The number of carbonyl (C=O) groups is 1. The summed E-state index contributed by atoms with van der Waals surface area (Å²) in [5.41, 5.74) is 2.66. The first-order valence-corrected chi connectivity index (χ1v) is 10.4. The van der Waals surface area contributed by atoms with Crippen molar-refractivity contribution >= 4 is 24.0 Å². The Morgan fingerprint density at radius 3 is 2.73 bits per heavy atom. The maximum Gasteiger partial charge on any atom is 0.324 e. The van der Waals surface area contributed by atoms with Gasteiger partial charge in [0.1, 0.15) is 17.2 Å². The fraction of sp³-hybridized carbons (Fsp3) is 0.391. The minimum Gasteiger partial charge on any atom is -0.495 e. The van der Waals surface area contributed by atoms with E-state index >= 15 is 0 Å². The molecule has 6 nitrogen and oxygen atoms in total. The number of likely N-dealkylation sites (tertiary alicyclic amines) is 1. The highest BCUT2D eigenvalue weighted by atomic mass is 16.5. The predicted octanol–water partition coefficient (Wildman–Crippen LogP) is 4.03. The van der Waals surface area contributed by atoms with E-state index in [0.717, 1.165) is 31.5 Å². The molecule has 2 aliphatic rings. The van der Waals surface area contributed by atoms with Crippen molar-refractivity contribution in [1.29, 1.82) is 0 Å². The standard InChI is InChI=1S/C23H25BN2O4/c1-16-8-10-26(11-9-16)23(27)15-28-22-13-19(5-7-21(22)25-3)30-18-4-6-20-17(12-18)14-29-24(20)2/h4-7,12-13,16H,8-11,14-15H2,1-2H3. The third-order valence-electron chi connectivity index (χ3n) is 5.82. The summed E-state index contributed by atoms with van der Waals surface area (Å²) in [5.74, 6) is 2.23. The van der Waals surface area contributed by atoms with Crippen molar-refractivity contribution in [3.8, 4) is 17.2 Å². The predicted molar refractivity (Wildman–Crippen MR) is 116 cm³/mol. The van der Waals surface area contributed by atoms with E-state index in [1.807, 2.05) is 29.9 Å². The van der Waals surface area contributed by atoms with E-state index in [1.54, 1.807) is 18.2 Å². The van der Waals surface area contributed by atoms with Gasteiger partial charge in [-0.25, -0.2) is 4.85 Å². The van der Waals surface area contributed by atoms with Crippen molar-refractivity contribution in [1.82, 2.24) is 4.90 Å². The topological polar surface area (TPSA) is 52.4 Å². The second-order valence-electron chi connectivity index (χ2n) is 8.01. The summed E-state index contributed by atoms with van der Waals surface area (Å²) in [6.07, 6.45) is 2.04. The molecule has 1 fully saturated rings. The van der Waals surface area contributed by atoms with Crippen molar-refractivity contribution in [2.45, 2.75) is 33.2 Å². The van der Waals surface area contributed by atoms with Crippen molar-refractivity contribution in [3.63, 3.8) is 0 Å². The molecule has 0 bridgehead atoms. The molecule has 0 saturated carbocycles. The van der Waals surface area contributed by atoms with Crippen LogP contribution in [0.3, 0.4) is 0 Å². The Morgan fingerprint density at radius 2 is 1.97 bits per heavy atom. The van der Waals surface area contributed by atoms with Gasteiger partial charge in [0.2, 0.25) is 5.69 Å². The molecule has 154 valence electrons. The molecule has 2 aromatic rings. The number of rotatable bonds is 5. The molecule has 4 rings (SSSR count). The molecule has 0 aromatic heterocycles. The zero-order valence-corrected chi connectivity index (χ0v) is 17.4. The van der Waals surface area contributed by atoms with Gasteiger partial charge in [-0.05, 0) is 54.1 Å². The SMILES string of the molecule is [C-]#[N+]c1ccc(Oc2ccc3c(c2)COB3C)cc1OCC(=O)N1CCC(C)CC1. The van der Waals surface area contributed by atoms with Gasteiger partial charge < -0.3 is 19.0 Å². The number of piperidine rings is 1. The quantitative estimate of drug-likeness (QED) is 0.558. The first kappa shape index (κ1) is 20.3. The Balaban J connectivity index is 1.43. The fourth-order valence-corrected chi connectivity index (χ4v) is 3.86. The van der Waals surface area contributed by atoms with E-state index in [4.69, 9.17) is 20.7 Å². The lowest BCUT2D eigenvalue weighted by Gasteiger charge is -2.30. The lowest BCUT2D eigenvalue weighted by molar-refractivity contribution is -0.134. The second-order valence-corrected chi connectivity index (χ2v) is 8.01. The molecule has 7 heteroatoms.